The number of halogens is 1. The number of rotatable bonds is 5. The standard InChI is InChI=1S/C26H26FN7O3/c1-13(36)22-23(15-8-16-3-4-17(9-15)33(16)21(37)12-35)32-26-19(11-31-34(26)24(22)28)14-2-5-18(20(27)10-14)25-29-6-7-30-25/h2,5-7,10-11,15-17,35H,3-4,8-9,12,28H2,1H3,(H,29,30)/t15-,16+,17-. The molecule has 0 aliphatic carbocycles. The minimum Gasteiger partial charge on any atom is -0.387 e. The number of ketones is 1. The molecule has 3 aromatic heterocycles. The van der Waals surface area contributed by atoms with Gasteiger partial charge in [-0.2, -0.15) is 9.61 Å². The van der Waals surface area contributed by atoms with Gasteiger partial charge in [0.2, 0.25) is 5.91 Å². The third-order valence-electron chi connectivity index (χ3n) is 7.64. The fourth-order valence-corrected chi connectivity index (χ4v) is 6.07. The molecule has 2 aliphatic heterocycles. The van der Waals surface area contributed by atoms with E-state index in [1.807, 2.05) is 0 Å². The number of H-pyrrole nitrogens is 1. The first-order chi connectivity index (χ1) is 17.9. The van der Waals surface area contributed by atoms with E-state index in [1.165, 1.54) is 17.5 Å². The number of fused-ring (bicyclic) bond motifs is 3. The monoisotopic (exact) mass is 503 g/mol. The lowest BCUT2D eigenvalue weighted by Gasteiger charge is -2.39. The molecule has 10 nitrogen and oxygen atoms in total. The first-order valence-electron chi connectivity index (χ1n) is 12.3. The van der Waals surface area contributed by atoms with Crippen LogP contribution in [-0.2, 0) is 4.79 Å². The van der Waals surface area contributed by atoms with Crippen LogP contribution in [-0.4, -0.2) is 65.0 Å². The SMILES string of the molecule is CC(=O)c1c([C@H]2C[C@H]3CC[C@@H](C2)N3C(=O)CO)nc2c(-c3ccc(-c4ncc[nH]4)c(F)c3)cnn2c1N. The Kier molecular flexibility index (Phi) is 5.52. The van der Waals surface area contributed by atoms with Crippen LogP contribution in [0.5, 0.6) is 0 Å². The Morgan fingerprint density at radius 3 is 2.59 bits per heavy atom. The molecule has 3 atom stereocenters. The van der Waals surface area contributed by atoms with Crippen molar-refractivity contribution >= 4 is 23.2 Å². The highest BCUT2D eigenvalue weighted by molar-refractivity contribution is 6.00. The molecule has 4 aromatic rings. The Labute approximate surface area is 211 Å². The van der Waals surface area contributed by atoms with Crippen LogP contribution in [0.1, 0.15) is 54.6 Å². The number of carbonyl (C=O) groups is 2. The lowest BCUT2D eigenvalue weighted by atomic mass is 9.85. The van der Waals surface area contributed by atoms with Gasteiger partial charge in [0.25, 0.3) is 0 Å². The molecule has 2 bridgehead atoms. The summed E-state index contributed by atoms with van der Waals surface area (Å²) in [6.07, 6.45) is 7.71. The number of nitrogens with one attached hydrogen (secondary N) is 1. The van der Waals surface area contributed by atoms with Crippen molar-refractivity contribution in [1.29, 1.82) is 0 Å². The van der Waals surface area contributed by atoms with Crippen molar-refractivity contribution in [3.8, 4) is 22.5 Å². The molecular weight excluding hydrogens is 477 g/mol. The molecule has 37 heavy (non-hydrogen) atoms. The summed E-state index contributed by atoms with van der Waals surface area (Å²) in [4.78, 5) is 38.8. The van der Waals surface area contributed by atoms with E-state index in [1.54, 1.807) is 35.6 Å². The van der Waals surface area contributed by atoms with Gasteiger partial charge < -0.3 is 20.7 Å². The van der Waals surface area contributed by atoms with Gasteiger partial charge in [-0.15, -0.1) is 0 Å². The second-order valence-corrected chi connectivity index (χ2v) is 9.75. The normalized spacial score (nSPS) is 21.1. The predicted octanol–water partition coefficient (Wildman–Crippen LogP) is 2.94. The first-order valence-corrected chi connectivity index (χ1v) is 12.3. The number of nitrogens with zero attached hydrogens (tertiary/aromatic N) is 5. The molecule has 2 fully saturated rings. The molecule has 190 valence electrons. The highest BCUT2D eigenvalue weighted by Gasteiger charge is 2.44. The summed E-state index contributed by atoms with van der Waals surface area (Å²) in [5, 5.41) is 13.8. The molecule has 0 spiro atoms. The van der Waals surface area contributed by atoms with E-state index < -0.39 is 12.4 Å². The average Bonchev–Trinajstić information content (AvgIpc) is 3.61. The Bertz CT molecular complexity index is 1520. The van der Waals surface area contributed by atoms with Gasteiger partial charge in [0.05, 0.1) is 23.0 Å². The largest absolute Gasteiger partial charge is 0.387 e. The van der Waals surface area contributed by atoms with Crippen LogP contribution in [0.15, 0.2) is 36.8 Å². The number of Topliss-reactive ketones (excluding diaryl/α,β-unsaturated/α-hetero) is 1. The van der Waals surface area contributed by atoms with Crippen molar-refractivity contribution in [2.75, 3.05) is 12.3 Å². The Balaban J connectivity index is 1.44. The number of carbonyl (C=O) groups excluding carboxylic acids is 2. The second-order valence-electron chi connectivity index (χ2n) is 9.75. The van der Waals surface area contributed by atoms with Crippen molar-refractivity contribution in [3.05, 3.63) is 53.9 Å². The number of aliphatic hydroxyl groups is 1. The van der Waals surface area contributed by atoms with Crippen LogP contribution in [0.25, 0.3) is 28.2 Å². The summed E-state index contributed by atoms with van der Waals surface area (Å²) in [6.45, 7) is 0.941. The molecule has 0 radical (unpaired) electrons. The summed E-state index contributed by atoms with van der Waals surface area (Å²) < 4.78 is 16.4. The molecule has 1 amide bonds. The van der Waals surface area contributed by atoms with Gasteiger partial charge in [-0.1, -0.05) is 6.07 Å². The Hall–Kier alpha value is -4.12. The number of nitrogen functional groups attached to an aromatic ring is 1. The molecule has 0 unspecified atom stereocenters. The van der Waals surface area contributed by atoms with Crippen LogP contribution in [0.3, 0.4) is 0 Å². The van der Waals surface area contributed by atoms with E-state index in [9.17, 15) is 14.7 Å². The number of nitrogens with two attached hydrogens (primary N) is 1. The van der Waals surface area contributed by atoms with Crippen LogP contribution in [0.4, 0.5) is 10.2 Å². The third kappa shape index (κ3) is 3.69. The van der Waals surface area contributed by atoms with Crippen LogP contribution in [0, 0.1) is 5.82 Å². The number of piperidine rings is 1. The summed E-state index contributed by atoms with van der Waals surface area (Å²) >= 11 is 0. The van der Waals surface area contributed by atoms with Gasteiger partial charge in [0.1, 0.15) is 24.1 Å². The van der Waals surface area contributed by atoms with E-state index in [4.69, 9.17) is 10.7 Å². The topological polar surface area (TPSA) is 142 Å². The maximum atomic E-state index is 15.0. The predicted molar refractivity (Wildman–Crippen MR) is 133 cm³/mol. The van der Waals surface area contributed by atoms with Crippen LogP contribution in [0.2, 0.25) is 0 Å². The highest BCUT2D eigenvalue weighted by atomic mass is 19.1. The lowest BCUT2D eigenvalue weighted by Crippen LogP contribution is -2.47. The van der Waals surface area contributed by atoms with Crippen molar-refractivity contribution < 1.29 is 19.1 Å². The number of aromatic amines is 1. The first kappa shape index (κ1) is 23.3. The van der Waals surface area contributed by atoms with E-state index in [-0.39, 0.29) is 35.5 Å². The van der Waals surface area contributed by atoms with Crippen LogP contribution < -0.4 is 5.73 Å². The highest BCUT2D eigenvalue weighted by Crippen LogP contribution is 2.44. The van der Waals surface area contributed by atoms with E-state index in [0.29, 0.717) is 52.3 Å². The summed E-state index contributed by atoms with van der Waals surface area (Å²) in [5.41, 5.74) is 9.32. The quantitative estimate of drug-likeness (QED) is 0.355. The number of hydrogen-bond donors (Lipinski definition) is 3. The third-order valence-corrected chi connectivity index (χ3v) is 7.64. The minimum atomic E-state index is -0.512. The van der Waals surface area contributed by atoms with Gasteiger partial charge in [0, 0.05) is 36.0 Å². The van der Waals surface area contributed by atoms with Crippen molar-refractivity contribution in [2.24, 2.45) is 0 Å². The molecule has 2 aliphatic rings. The van der Waals surface area contributed by atoms with Crippen LogP contribution >= 0.6 is 0 Å². The number of anilines is 1. The summed E-state index contributed by atoms with van der Waals surface area (Å²) in [5.74, 6) is -0.397. The Morgan fingerprint density at radius 1 is 1.22 bits per heavy atom. The number of amides is 1. The molecule has 6 rings (SSSR count). The van der Waals surface area contributed by atoms with E-state index >= 15 is 4.39 Å². The number of imidazole rings is 1. The maximum absolute atomic E-state index is 15.0. The number of hydrogen-bond acceptors (Lipinski definition) is 7. The number of benzene rings is 1. The van der Waals surface area contributed by atoms with E-state index in [2.05, 4.69) is 15.1 Å². The summed E-state index contributed by atoms with van der Waals surface area (Å²) in [6, 6.07) is 4.79. The van der Waals surface area contributed by atoms with Gasteiger partial charge in [-0.3, -0.25) is 9.59 Å². The average molecular weight is 504 g/mol. The fraction of sp³-hybridized carbons (Fsp3) is 0.346. The molecule has 0 saturated carbocycles. The molecular formula is C26H26FN7O3. The molecule has 5 heterocycles. The van der Waals surface area contributed by atoms with Crippen molar-refractivity contribution in [2.45, 2.75) is 50.6 Å². The van der Waals surface area contributed by atoms with E-state index in [0.717, 1.165) is 12.8 Å². The maximum Gasteiger partial charge on any atom is 0.248 e. The number of aromatic nitrogens is 5. The lowest BCUT2D eigenvalue weighted by molar-refractivity contribution is -0.138. The molecule has 2 saturated heterocycles. The second kappa shape index (κ2) is 8.77. The minimum absolute atomic E-state index is 0.0184. The molecule has 1 aromatic carbocycles. The zero-order valence-electron chi connectivity index (χ0n) is 20.2. The smallest absolute Gasteiger partial charge is 0.248 e. The number of aliphatic hydroxyl groups excluding tert-OH is 1. The van der Waals surface area contributed by atoms with Gasteiger partial charge in [-0.05, 0) is 50.3 Å². The zero-order valence-corrected chi connectivity index (χ0v) is 20.2. The summed E-state index contributed by atoms with van der Waals surface area (Å²) in [7, 11) is 0. The zero-order chi connectivity index (χ0) is 25.8. The van der Waals surface area contributed by atoms with Crippen molar-refractivity contribution in [1.82, 2.24) is 29.5 Å². The Morgan fingerprint density at radius 2 is 1.97 bits per heavy atom. The fourth-order valence-electron chi connectivity index (χ4n) is 6.07. The van der Waals surface area contributed by atoms with Crippen molar-refractivity contribution in [3.63, 3.8) is 0 Å². The van der Waals surface area contributed by atoms with Gasteiger partial charge in [0.15, 0.2) is 11.4 Å². The van der Waals surface area contributed by atoms with Gasteiger partial charge in [-0.25, -0.2) is 14.4 Å². The molecule has 11 heteroatoms. The van der Waals surface area contributed by atoms with Gasteiger partial charge >= 0.3 is 0 Å². The molecule has 4 N–H and O–H groups in total.